The van der Waals surface area contributed by atoms with Gasteiger partial charge < -0.3 is 5.73 Å². The van der Waals surface area contributed by atoms with Gasteiger partial charge in [-0.05, 0) is 51.4 Å². The van der Waals surface area contributed by atoms with E-state index in [0.717, 1.165) is 24.4 Å². The molecule has 2 aliphatic rings. The summed E-state index contributed by atoms with van der Waals surface area (Å²) >= 11 is 0. The van der Waals surface area contributed by atoms with Crippen molar-refractivity contribution in [3.8, 4) is 0 Å². The molecule has 1 heterocycles. The van der Waals surface area contributed by atoms with E-state index < -0.39 is 0 Å². The number of nitrogens with zero attached hydrogens (tertiary/aromatic N) is 1. The van der Waals surface area contributed by atoms with Crippen molar-refractivity contribution < 1.29 is 0 Å². The third-order valence-corrected chi connectivity index (χ3v) is 4.64. The Morgan fingerprint density at radius 3 is 2.40 bits per heavy atom. The molecule has 3 atom stereocenters. The first-order valence-electron chi connectivity index (χ1n) is 6.54. The second-order valence-electron chi connectivity index (χ2n) is 6.02. The molecule has 2 fully saturated rings. The minimum absolute atomic E-state index is 0.286. The van der Waals surface area contributed by atoms with Crippen LogP contribution in [-0.2, 0) is 0 Å². The number of hydrogen-bond donors (Lipinski definition) is 1. The lowest BCUT2D eigenvalue weighted by atomic mass is 9.85. The van der Waals surface area contributed by atoms with Gasteiger partial charge in [0.1, 0.15) is 0 Å². The van der Waals surface area contributed by atoms with Crippen LogP contribution < -0.4 is 5.73 Å². The lowest BCUT2D eigenvalue weighted by molar-refractivity contribution is 0.00750. The standard InChI is InChI=1S/C13H26N2/c1-10-4-5-11(2)15(8-10)13(3,9-14)12-6-7-12/h10-12H,4-9,14H2,1-3H3. The molecule has 0 amide bonds. The Hall–Kier alpha value is -0.0800. The van der Waals surface area contributed by atoms with Gasteiger partial charge in [-0.15, -0.1) is 0 Å². The van der Waals surface area contributed by atoms with Crippen molar-refractivity contribution in [2.75, 3.05) is 13.1 Å². The molecule has 0 aromatic carbocycles. The molecule has 0 aromatic rings. The molecule has 2 nitrogen and oxygen atoms in total. The van der Waals surface area contributed by atoms with Crippen molar-refractivity contribution in [3.63, 3.8) is 0 Å². The summed E-state index contributed by atoms with van der Waals surface area (Å²) in [6.07, 6.45) is 5.53. The average Bonchev–Trinajstić information content (AvgIpc) is 3.04. The highest BCUT2D eigenvalue weighted by molar-refractivity contribution is 5.02. The van der Waals surface area contributed by atoms with Gasteiger partial charge in [-0.2, -0.15) is 0 Å². The van der Waals surface area contributed by atoms with Crippen LogP contribution in [0.3, 0.4) is 0 Å². The minimum Gasteiger partial charge on any atom is -0.329 e. The molecular weight excluding hydrogens is 184 g/mol. The Bertz CT molecular complexity index is 225. The van der Waals surface area contributed by atoms with Gasteiger partial charge in [-0.25, -0.2) is 0 Å². The highest BCUT2D eigenvalue weighted by atomic mass is 15.2. The van der Waals surface area contributed by atoms with Crippen molar-refractivity contribution in [3.05, 3.63) is 0 Å². The number of piperidine rings is 1. The smallest absolute Gasteiger partial charge is 0.0334 e. The minimum atomic E-state index is 0.286. The first kappa shape index (κ1) is 11.4. The van der Waals surface area contributed by atoms with Crippen LogP contribution in [0.4, 0.5) is 0 Å². The van der Waals surface area contributed by atoms with Crippen molar-refractivity contribution in [2.24, 2.45) is 17.6 Å². The summed E-state index contributed by atoms with van der Waals surface area (Å²) in [4.78, 5) is 2.71. The van der Waals surface area contributed by atoms with E-state index in [1.807, 2.05) is 0 Å². The molecule has 0 bridgehead atoms. The maximum atomic E-state index is 6.04. The molecule has 1 saturated heterocycles. The summed E-state index contributed by atoms with van der Waals surface area (Å²) in [5.41, 5.74) is 6.33. The summed E-state index contributed by atoms with van der Waals surface area (Å²) in [5, 5.41) is 0. The summed E-state index contributed by atoms with van der Waals surface area (Å²) in [6.45, 7) is 9.23. The fraction of sp³-hybridized carbons (Fsp3) is 1.00. The Kier molecular flexibility index (Phi) is 3.09. The molecule has 0 aromatic heterocycles. The third kappa shape index (κ3) is 2.07. The van der Waals surface area contributed by atoms with Crippen LogP contribution in [0.5, 0.6) is 0 Å². The topological polar surface area (TPSA) is 29.3 Å². The summed E-state index contributed by atoms with van der Waals surface area (Å²) < 4.78 is 0. The molecule has 2 heteroatoms. The molecule has 1 saturated carbocycles. The van der Waals surface area contributed by atoms with Crippen LogP contribution in [-0.4, -0.2) is 29.6 Å². The van der Waals surface area contributed by atoms with E-state index in [1.165, 1.54) is 32.2 Å². The Morgan fingerprint density at radius 2 is 1.87 bits per heavy atom. The molecular formula is C13H26N2. The van der Waals surface area contributed by atoms with Crippen molar-refractivity contribution in [2.45, 2.75) is 58.0 Å². The van der Waals surface area contributed by atoms with Gasteiger partial charge in [-0.3, -0.25) is 4.90 Å². The monoisotopic (exact) mass is 210 g/mol. The second kappa shape index (κ2) is 4.06. The van der Waals surface area contributed by atoms with Crippen LogP contribution in [0.2, 0.25) is 0 Å². The van der Waals surface area contributed by atoms with E-state index in [1.54, 1.807) is 0 Å². The van der Waals surface area contributed by atoms with E-state index in [9.17, 15) is 0 Å². The summed E-state index contributed by atoms with van der Waals surface area (Å²) in [5.74, 6) is 1.72. The maximum Gasteiger partial charge on any atom is 0.0334 e. The van der Waals surface area contributed by atoms with Gasteiger partial charge in [-0.1, -0.05) is 6.92 Å². The third-order valence-electron chi connectivity index (χ3n) is 4.64. The lowest BCUT2D eigenvalue weighted by Gasteiger charge is -2.49. The van der Waals surface area contributed by atoms with Gasteiger partial charge in [0.15, 0.2) is 0 Å². The molecule has 2 N–H and O–H groups in total. The van der Waals surface area contributed by atoms with Crippen LogP contribution in [0.15, 0.2) is 0 Å². The van der Waals surface area contributed by atoms with Crippen LogP contribution in [0, 0.1) is 11.8 Å². The number of hydrogen-bond acceptors (Lipinski definition) is 2. The van der Waals surface area contributed by atoms with Crippen LogP contribution in [0.1, 0.15) is 46.5 Å². The molecule has 15 heavy (non-hydrogen) atoms. The lowest BCUT2D eigenvalue weighted by Crippen LogP contribution is -2.59. The largest absolute Gasteiger partial charge is 0.329 e. The SMILES string of the molecule is CC1CCC(C)N(C(C)(CN)C2CC2)C1. The first-order valence-corrected chi connectivity index (χ1v) is 6.54. The van der Waals surface area contributed by atoms with Gasteiger partial charge in [0.25, 0.3) is 0 Å². The Morgan fingerprint density at radius 1 is 1.20 bits per heavy atom. The molecule has 0 radical (unpaired) electrons. The van der Waals surface area contributed by atoms with Crippen molar-refractivity contribution in [1.82, 2.24) is 4.90 Å². The maximum absolute atomic E-state index is 6.04. The fourth-order valence-electron chi connectivity index (χ4n) is 3.22. The molecule has 2 rings (SSSR count). The number of nitrogens with two attached hydrogens (primary N) is 1. The second-order valence-corrected chi connectivity index (χ2v) is 6.02. The molecule has 3 unspecified atom stereocenters. The highest BCUT2D eigenvalue weighted by Gasteiger charge is 2.47. The number of rotatable bonds is 3. The van der Waals surface area contributed by atoms with E-state index in [0.29, 0.717) is 0 Å². The Balaban J connectivity index is 2.11. The van der Waals surface area contributed by atoms with Crippen LogP contribution in [0.25, 0.3) is 0 Å². The summed E-state index contributed by atoms with van der Waals surface area (Å²) in [6, 6.07) is 0.732. The van der Waals surface area contributed by atoms with E-state index in [2.05, 4.69) is 25.7 Å². The van der Waals surface area contributed by atoms with Crippen molar-refractivity contribution >= 4 is 0 Å². The first-order chi connectivity index (χ1) is 7.08. The highest BCUT2D eigenvalue weighted by Crippen LogP contribution is 2.44. The zero-order chi connectivity index (χ0) is 11.1. The Labute approximate surface area is 94.2 Å². The molecule has 88 valence electrons. The predicted octanol–water partition coefficient (Wildman–Crippen LogP) is 2.23. The van der Waals surface area contributed by atoms with Gasteiger partial charge >= 0.3 is 0 Å². The normalized spacial score (nSPS) is 37.6. The fourth-order valence-corrected chi connectivity index (χ4v) is 3.22. The van der Waals surface area contributed by atoms with E-state index in [4.69, 9.17) is 5.73 Å². The average molecular weight is 210 g/mol. The van der Waals surface area contributed by atoms with E-state index >= 15 is 0 Å². The molecule has 1 aliphatic heterocycles. The number of likely N-dealkylation sites (tertiary alicyclic amines) is 1. The molecule has 1 aliphatic carbocycles. The van der Waals surface area contributed by atoms with Gasteiger partial charge in [0.2, 0.25) is 0 Å². The van der Waals surface area contributed by atoms with Crippen LogP contribution >= 0.6 is 0 Å². The zero-order valence-corrected chi connectivity index (χ0v) is 10.5. The zero-order valence-electron chi connectivity index (χ0n) is 10.5. The summed E-state index contributed by atoms with van der Waals surface area (Å²) in [7, 11) is 0. The molecule has 0 spiro atoms. The quantitative estimate of drug-likeness (QED) is 0.774. The predicted molar refractivity (Wildman–Crippen MR) is 64.7 cm³/mol. The van der Waals surface area contributed by atoms with E-state index in [-0.39, 0.29) is 5.54 Å². The van der Waals surface area contributed by atoms with Crippen molar-refractivity contribution in [1.29, 1.82) is 0 Å². The van der Waals surface area contributed by atoms with Gasteiger partial charge in [0, 0.05) is 24.7 Å². The van der Waals surface area contributed by atoms with Gasteiger partial charge in [0.05, 0.1) is 0 Å².